The highest BCUT2D eigenvalue weighted by Gasteiger charge is 2.17. The van der Waals surface area contributed by atoms with Gasteiger partial charge in [0, 0.05) is 6.42 Å². The zero-order valence-electron chi connectivity index (χ0n) is 33.4. The molecule has 0 saturated heterocycles. The maximum atomic E-state index is 12.3. The molecule has 0 aromatic rings. The molecule has 0 saturated carbocycles. The van der Waals surface area contributed by atoms with Gasteiger partial charge in [0.2, 0.25) is 5.91 Å². The van der Waals surface area contributed by atoms with Gasteiger partial charge in [-0.2, -0.15) is 0 Å². The van der Waals surface area contributed by atoms with E-state index in [0.717, 1.165) is 51.4 Å². The van der Waals surface area contributed by atoms with Crippen molar-refractivity contribution in [2.75, 3.05) is 6.61 Å². The molecule has 0 radical (unpaired) electrons. The fraction of sp³-hybridized carbons (Fsp3) is 0.804. The number of hydrogen-bond acceptors (Lipinski definition) is 3. The molecule has 50 heavy (non-hydrogen) atoms. The van der Waals surface area contributed by atoms with Gasteiger partial charge in [-0.3, -0.25) is 4.79 Å². The molecule has 292 valence electrons. The Bertz CT molecular complexity index is 801. The van der Waals surface area contributed by atoms with Crippen LogP contribution in [0, 0.1) is 0 Å². The van der Waals surface area contributed by atoms with E-state index in [9.17, 15) is 15.0 Å². The Balaban J connectivity index is 3.65. The summed E-state index contributed by atoms with van der Waals surface area (Å²) < 4.78 is 0. The van der Waals surface area contributed by atoms with Crippen molar-refractivity contribution < 1.29 is 15.0 Å². The molecule has 0 aliphatic rings. The van der Waals surface area contributed by atoms with E-state index in [4.69, 9.17) is 0 Å². The van der Waals surface area contributed by atoms with E-state index in [2.05, 4.69) is 55.6 Å². The lowest BCUT2D eigenvalue weighted by Crippen LogP contribution is -2.45. The number of hydrogen-bond donors (Lipinski definition) is 3. The zero-order chi connectivity index (χ0) is 36.4. The minimum Gasteiger partial charge on any atom is -0.394 e. The third kappa shape index (κ3) is 37.6. The van der Waals surface area contributed by atoms with Crippen LogP contribution in [0.3, 0.4) is 0 Å². The maximum absolute atomic E-state index is 12.3. The first-order chi connectivity index (χ1) is 24.7. The van der Waals surface area contributed by atoms with Gasteiger partial charge in [-0.1, -0.05) is 191 Å². The second kappa shape index (κ2) is 41.8. The molecule has 0 rings (SSSR count). The highest BCUT2D eigenvalue weighted by atomic mass is 16.3. The molecular weight excluding hydrogens is 615 g/mol. The first kappa shape index (κ1) is 48.3. The highest BCUT2D eigenvalue weighted by Crippen LogP contribution is 2.14. The summed E-state index contributed by atoms with van der Waals surface area (Å²) in [6, 6.07) is -0.649. The van der Waals surface area contributed by atoms with E-state index < -0.39 is 12.1 Å². The molecule has 0 aromatic heterocycles. The van der Waals surface area contributed by atoms with Gasteiger partial charge >= 0.3 is 0 Å². The highest BCUT2D eigenvalue weighted by molar-refractivity contribution is 5.76. The van der Waals surface area contributed by atoms with E-state index >= 15 is 0 Å². The van der Waals surface area contributed by atoms with Crippen molar-refractivity contribution in [2.24, 2.45) is 0 Å². The number of amides is 1. The van der Waals surface area contributed by atoms with Crippen molar-refractivity contribution in [3.63, 3.8) is 0 Å². The van der Waals surface area contributed by atoms with Gasteiger partial charge in [0.1, 0.15) is 0 Å². The Morgan fingerprint density at radius 1 is 0.460 bits per heavy atom. The van der Waals surface area contributed by atoms with Crippen LogP contribution >= 0.6 is 0 Å². The molecule has 0 aromatic carbocycles. The van der Waals surface area contributed by atoms with Crippen molar-refractivity contribution >= 4 is 5.91 Å². The number of aliphatic hydroxyl groups excluding tert-OH is 2. The van der Waals surface area contributed by atoms with Gasteiger partial charge in [-0.15, -0.1) is 0 Å². The first-order valence-corrected chi connectivity index (χ1v) is 21.9. The molecule has 0 fully saturated rings. The van der Waals surface area contributed by atoms with E-state index in [1.807, 2.05) is 6.08 Å². The van der Waals surface area contributed by atoms with Crippen LogP contribution in [0.1, 0.15) is 219 Å². The van der Waals surface area contributed by atoms with Crippen molar-refractivity contribution in [2.45, 2.75) is 231 Å². The topological polar surface area (TPSA) is 69.6 Å². The second-order valence-corrected chi connectivity index (χ2v) is 14.7. The smallest absolute Gasteiger partial charge is 0.220 e. The summed E-state index contributed by atoms with van der Waals surface area (Å²) in [5.74, 6) is -0.0880. The van der Waals surface area contributed by atoms with Crippen LogP contribution in [-0.2, 0) is 4.79 Å². The van der Waals surface area contributed by atoms with Crippen LogP contribution in [0.2, 0.25) is 0 Å². The van der Waals surface area contributed by atoms with Crippen LogP contribution in [-0.4, -0.2) is 34.9 Å². The molecule has 0 aliphatic heterocycles. The lowest BCUT2D eigenvalue weighted by molar-refractivity contribution is -0.123. The molecule has 3 N–H and O–H groups in total. The Kier molecular flexibility index (Phi) is 40.4. The molecular formula is C46H85NO3. The number of carbonyl (C=O) groups is 1. The molecule has 0 heterocycles. The monoisotopic (exact) mass is 700 g/mol. The standard InChI is InChI=1S/C46H85NO3/c1-3-5-7-9-11-13-15-17-19-20-21-22-23-24-25-26-27-28-29-31-33-35-37-39-41-45(49)44(43-48)47-46(50)42-40-38-36-34-32-30-18-16-14-12-10-8-6-4-2/h16,18,26-27,31,33,39,41,44-45,48-49H,3-15,17,19-25,28-30,32,34-38,40,42-43H2,1-2H3,(H,47,50)/b18-16-,27-26+,33-31+,41-39+. The van der Waals surface area contributed by atoms with Gasteiger partial charge in [0.15, 0.2) is 0 Å². The van der Waals surface area contributed by atoms with Crippen LogP contribution in [0.5, 0.6) is 0 Å². The summed E-state index contributed by atoms with van der Waals surface area (Å²) in [6.45, 7) is 4.28. The molecule has 4 heteroatoms. The fourth-order valence-corrected chi connectivity index (χ4v) is 6.38. The molecule has 0 bridgehead atoms. The van der Waals surface area contributed by atoms with Crippen molar-refractivity contribution in [1.82, 2.24) is 5.32 Å². The summed E-state index contributed by atoms with van der Waals surface area (Å²) >= 11 is 0. The quantitative estimate of drug-likeness (QED) is 0.0442. The molecule has 2 unspecified atom stereocenters. The van der Waals surface area contributed by atoms with Crippen molar-refractivity contribution in [1.29, 1.82) is 0 Å². The molecule has 1 amide bonds. The number of aliphatic hydroxyl groups is 2. The third-order valence-corrected chi connectivity index (χ3v) is 9.76. The maximum Gasteiger partial charge on any atom is 0.220 e. The van der Waals surface area contributed by atoms with Crippen molar-refractivity contribution in [3.8, 4) is 0 Å². The van der Waals surface area contributed by atoms with E-state index in [-0.39, 0.29) is 12.5 Å². The summed E-state index contributed by atoms with van der Waals surface area (Å²) in [5.41, 5.74) is 0. The Morgan fingerprint density at radius 3 is 1.16 bits per heavy atom. The predicted octanol–water partition coefficient (Wildman–Crippen LogP) is 13.6. The summed E-state index contributed by atoms with van der Waals surface area (Å²) in [6.07, 6.45) is 56.5. The van der Waals surface area contributed by atoms with Crippen LogP contribution in [0.25, 0.3) is 0 Å². The predicted molar refractivity (Wildman–Crippen MR) is 221 cm³/mol. The van der Waals surface area contributed by atoms with E-state index in [1.54, 1.807) is 6.08 Å². The molecule has 2 atom stereocenters. The zero-order valence-corrected chi connectivity index (χ0v) is 33.4. The molecule has 0 spiro atoms. The third-order valence-electron chi connectivity index (χ3n) is 9.76. The van der Waals surface area contributed by atoms with Gasteiger partial charge in [-0.05, 0) is 70.6 Å². The lowest BCUT2D eigenvalue weighted by atomic mass is 10.0. The van der Waals surface area contributed by atoms with E-state index in [1.165, 1.54) is 148 Å². The largest absolute Gasteiger partial charge is 0.394 e. The second-order valence-electron chi connectivity index (χ2n) is 14.7. The average molecular weight is 700 g/mol. The van der Waals surface area contributed by atoms with Gasteiger partial charge in [-0.25, -0.2) is 0 Å². The molecule has 4 nitrogen and oxygen atoms in total. The van der Waals surface area contributed by atoms with Gasteiger partial charge in [0.05, 0.1) is 18.8 Å². The van der Waals surface area contributed by atoms with Crippen LogP contribution in [0.4, 0.5) is 0 Å². The normalized spacial score (nSPS) is 13.4. The number of carbonyl (C=O) groups excluding carboxylic acids is 1. The Morgan fingerprint density at radius 2 is 0.780 bits per heavy atom. The number of allylic oxidation sites excluding steroid dienone is 7. The van der Waals surface area contributed by atoms with Gasteiger partial charge in [0.25, 0.3) is 0 Å². The Labute approximate surface area is 312 Å². The fourth-order valence-electron chi connectivity index (χ4n) is 6.38. The summed E-state index contributed by atoms with van der Waals surface area (Å²) in [4.78, 5) is 12.3. The minimum atomic E-state index is -0.873. The lowest BCUT2D eigenvalue weighted by Gasteiger charge is -2.19. The van der Waals surface area contributed by atoms with Crippen LogP contribution < -0.4 is 5.32 Å². The average Bonchev–Trinajstić information content (AvgIpc) is 3.12. The summed E-state index contributed by atoms with van der Waals surface area (Å²) in [7, 11) is 0. The number of nitrogens with one attached hydrogen (secondary N) is 1. The van der Waals surface area contributed by atoms with Crippen LogP contribution in [0.15, 0.2) is 48.6 Å². The first-order valence-electron chi connectivity index (χ1n) is 21.9. The molecule has 0 aliphatic carbocycles. The summed E-state index contributed by atoms with van der Waals surface area (Å²) in [5, 5.41) is 22.9. The van der Waals surface area contributed by atoms with Crippen molar-refractivity contribution in [3.05, 3.63) is 48.6 Å². The SMILES string of the molecule is CCCCCCC/C=C\CCCCCCCC(=O)NC(CO)C(O)/C=C/CC/C=C/CC/C=C/CCCCCCCCCCCCCCCC. The van der Waals surface area contributed by atoms with Gasteiger partial charge < -0.3 is 15.5 Å². The number of rotatable bonds is 39. The number of unbranched alkanes of at least 4 members (excludes halogenated alkanes) is 26. The van der Waals surface area contributed by atoms with E-state index in [0.29, 0.717) is 6.42 Å². The Hall–Kier alpha value is -1.65. The minimum absolute atomic E-state index is 0.0880.